The van der Waals surface area contributed by atoms with E-state index in [-0.39, 0.29) is 35.1 Å². The quantitative estimate of drug-likeness (QED) is 0.195. The Balaban J connectivity index is 1.64. The SMILES string of the molecule is CCOC(=O)c1ccc(N2N=C(C(F)(F)F)/C(=C/c3ccc(-c4ccc([N+](=O)[O-])cc4)o3)C2=O)cc1. The minimum absolute atomic E-state index is 0.0178. The number of ether oxygens (including phenoxy) is 1. The summed E-state index contributed by atoms with van der Waals surface area (Å²) in [6.07, 6.45) is -4.01. The van der Waals surface area contributed by atoms with Crippen LogP contribution in [0.15, 0.2) is 75.8 Å². The zero-order valence-corrected chi connectivity index (χ0v) is 18.5. The molecule has 1 amide bonds. The lowest BCUT2D eigenvalue weighted by atomic mass is 10.1. The molecule has 0 saturated heterocycles. The van der Waals surface area contributed by atoms with Gasteiger partial charge in [0.05, 0.1) is 28.4 Å². The van der Waals surface area contributed by atoms with Crippen LogP contribution in [0.5, 0.6) is 0 Å². The predicted octanol–water partition coefficient (Wildman–Crippen LogP) is 5.38. The van der Waals surface area contributed by atoms with Gasteiger partial charge in [-0.15, -0.1) is 0 Å². The molecule has 2 heterocycles. The molecule has 9 nitrogen and oxygen atoms in total. The van der Waals surface area contributed by atoms with E-state index in [4.69, 9.17) is 9.15 Å². The van der Waals surface area contributed by atoms with Gasteiger partial charge in [0.15, 0.2) is 5.71 Å². The van der Waals surface area contributed by atoms with Gasteiger partial charge in [-0.1, -0.05) is 0 Å². The molecule has 1 aliphatic heterocycles. The summed E-state index contributed by atoms with van der Waals surface area (Å²) in [5.41, 5.74) is -1.64. The standard InChI is InChI=1S/C24H16F3N3O6/c1-2-35-23(32)15-5-7-16(8-6-15)29-22(31)19(21(28-29)24(25,26)27)13-18-11-12-20(36-18)14-3-9-17(10-4-14)30(33)34/h3-13H,2H2,1H3/b19-13-. The van der Waals surface area contributed by atoms with Crippen LogP contribution < -0.4 is 5.01 Å². The second-order valence-corrected chi connectivity index (χ2v) is 7.39. The van der Waals surface area contributed by atoms with E-state index in [1.807, 2.05) is 0 Å². The van der Waals surface area contributed by atoms with Gasteiger partial charge >= 0.3 is 12.1 Å². The zero-order valence-electron chi connectivity index (χ0n) is 18.5. The van der Waals surface area contributed by atoms with E-state index in [0.29, 0.717) is 10.6 Å². The molecule has 0 spiro atoms. The van der Waals surface area contributed by atoms with Crippen LogP contribution in [0.4, 0.5) is 24.5 Å². The number of nitrogens with zero attached hydrogens (tertiary/aromatic N) is 3. The summed E-state index contributed by atoms with van der Waals surface area (Å²) in [7, 11) is 0. The Morgan fingerprint density at radius 2 is 1.78 bits per heavy atom. The maximum absolute atomic E-state index is 13.7. The van der Waals surface area contributed by atoms with E-state index < -0.39 is 34.3 Å². The maximum atomic E-state index is 13.7. The van der Waals surface area contributed by atoms with Gasteiger partial charge in [-0.05, 0) is 61.5 Å². The maximum Gasteiger partial charge on any atom is 0.435 e. The van der Waals surface area contributed by atoms with E-state index in [2.05, 4.69) is 5.10 Å². The van der Waals surface area contributed by atoms with Gasteiger partial charge in [0, 0.05) is 17.7 Å². The van der Waals surface area contributed by atoms with Crippen LogP contribution in [-0.2, 0) is 9.53 Å². The molecule has 0 saturated carbocycles. The number of esters is 1. The highest BCUT2D eigenvalue weighted by Crippen LogP contribution is 2.34. The van der Waals surface area contributed by atoms with Gasteiger partial charge in [0.25, 0.3) is 11.6 Å². The van der Waals surface area contributed by atoms with Crippen LogP contribution in [0.25, 0.3) is 17.4 Å². The fourth-order valence-electron chi connectivity index (χ4n) is 3.36. The first-order valence-corrected chi connectivity index (χ1v) is 10.4. The lowest BCUT2D eigenvalue weighted by Gasteiger charge is -2.12. The fraction of sp³-hybridized carbons (Fsp3) is 0.125. The van der Waals surface area contributed by atoms with Crippen molar-refractivity contribution >= 4 is 35.0 Å². The molecule has 2 aromatic carbocycles. The minimum Gasteiger partial charge on any atom is -0.462 e. The lowest BCUT2D eigenvalue weighted by Crippen LogP contribution is -2.25. The second-order valence-electron chi connectivity index (χ2n) is 7.39. The Bertz CT molecular complexity index is 1390. The van der Waals surface area contributed by atoms with Gasteiger partial charge in [-0.2, -0.15) is 23.3 Å². The number of amides is 1. The van der Waals surface area contributed by atoms with Crippen LogP contribution in [0, 0.1) is 10.1 Å². The summed E-state index contributed by atoms with van der Waals surface area (Å²) in [4.78, 5) is 35.0. The van der Waals surface area contributed by atoms with Crippen molar-refractivity contribution in [2.75, 3.05) is 11.6 Å². The summed E-state index contributed by atoms with van der Waals surface area (Å²) in [6.45, 7) is 1.78. The lowest BCUT2D eigenvalue weighted by molar-refractivity contribution is -0.384. The first-order valence-electron chi connectivity index (χ1n) is 10.4. The highest BCUT2D eigenvalue weighted by Gasteiger charge is 2.47. The van der Waals surface area contributed by atoms with Gasteiger partial charge in [-0.25, -0.2) is 4.79 Å². The smallest absolute Gasteiger partial charge is 0.435 e. The first-order chi connectivity index (χ1) is 17.1. The average Bonchev–Trinajstić information content (AvgIpc) is 3.44. The molecule has 12 heteroatoms. The summed E-state index contributed by atoms with van der Waals surface area (Å²) in [5.74, 6) is -1.47. The molecular formula is C24H16F3N3O6. The van der Waals surface area contributed by atoms with Crippen LogP contribution in [0.1, 0.15) is 23.0 Å². The number of rotatable bonds is 6. The number of furan rings is 1. The first kappa shape index (κ1) is 24.4. The fourth-order valence-corrected chi connectivity index (χ4v) is 3.36. The molecule has 0 radical (unpaired) electrons. The number of carbonyl (C=O) groups excluding carboxylic acids is 2. The van der Waals surface area contributed by atoms with Crippen LogP contribution in [-0.4, -0.2) is 35.3 Å². The number of nitro benzene ring substituents is 1. The molecule has 0 fully saturated rings. The summed E-state index contributed by atoms with van der Waals surface area (Å²) < 4.78 is 51.5. The third kappa shape index (κ3) is 4.87. The van der Waals surface area contributed by atoms with E-state index >= 15 is 0 Å². The molecule has 0 bridgehead atoms. The van der Waals surface area contributed by atoms with Crippen molar-refractivity contribution in [1.82, 2.24) is 0 Å². The monoisotopic (exact) mass is 499 g/mol. The molecule has 0 aliphatic carbocycles. The highest BCUT2D eigenvalue weighted by molar-refractivity contribution is 6.34. The Labute approximate surface area is 201 Å². The van der Waals surface area contributed by atoms with E-state index in [1.165, 1.54) is 60.7 Å². The summed E-state index contributed by atoms with van der Waals surface area (Å²) in [6, 6.07) is 13.4. The number of hydrazone groups is 1. The second kappa shape index (κ2) is 9.49. The Morgan fingerprint density at radius 3 is 2.36 bits per heavy atom. The molecule has 3 aromatic rings. The topological polar surface area (TPSA) is 115 Å². The number of nitro groups is 1. The summed E-state index contributed by atoms with van der Waals surface area (Å²) in [5, 5.41) is 14.9. The number of hydrogen-bond donors (Lipinski definition) is 0. The zero-order chi connectivity index (χ0) is 26.0. The molecule has 1 aromatic heterocycles. The van der Waals surface area contributed by atoms with Crippen molar-refractivity contribution in [3.05, 3.63) is 87.7 Å². The van der Waals surface area contributed by atoms with Gasteiger partial charge in [0.1, 0.15) is 11.5 Å². The number of carbonyl (C=O) groups is 2. The number of hydrogen-bond acceptors (Lipinski definition) is 7. The molecule has 184 valence electrons. The number of anilines is 1. The van der Waals surface area contributed by atoms with Gasteiger partial charge < -0.3 is 9.15 Å². The third-order valence-electron chi connectivity index (χ3n) is 5.05. The van der Waals surface area contributed by atoms with E-state index in [0.717, 1.165) is 6.08 Å². The average molecular weight is 499 g/mol. The molecule has 0 N–H and O–H groups in total. The normalized spacial score (nSPS) is 14.8. The van der Waals surface area contributed by atoms with Crippen molar-refractivity contribution in [1.29, 1.82) is 0 Å². The molecule has 1 aliphatic rings. The highest BCUT2D eigenvalue weighted by atomic mass is 19.4. The van der Waals surface area contributed by atoms with Gasteiger partial charge in [0.2, 0.25) is 0 Å². The van der Waals surface area contributed by atoms with Gasteiger partial charge in [-0.3, -0.25) is 14.9 Å². The Hall–Kier alpha value is -4.74. The molecule has 4 rings (SSSR count). The molecule has 36 heavy (non-hydrogen) atoms. The number of halogens is 3. The van der Waals surface area contributed by atoms with E-state index in [1.54, 1.807) is 6.92 Å². The van der Waals surface area contributed by atoms with E-state index in [9.17, 15) is 32.9 Å². The van der Waals surface area contributed by atoms with Crippen molar-refractivity contribution in [2.24, 2.45) is 5.10 Å². The molecule has 0 atom stereocenters. The predicted molar refractivity (Wildman–Crippen MR) is 122 cm³/mol. The number of non-ortho nitro benzene ring substituents is 1. The largest absolute Gasteiger partial charge is 0.462 e. The van der Waals surface area contributed by atoms with Crippen LogP contribution in [0.3, 0.4) is 0 Å². The Morgan fingerprint density at radius 1 is 1.11 bits per heavy atom. The van der Waals surface area contributed by atoms with Crippen molar-refractivity contribution in [2.45, 2.75) is 13.1 Å². The Kier molecular flexibility index (Phi) is 6.43. The summed E-state index contributed by atoms with van der Waals surface area (Å²) >= 11 is 0. The molecular weight excluding hydrogens is 483 g/mol. The minimum atomic E-state index is -4.94. The van der Waals surface area contributed by atoms with Crippen molar-refractivity contribution in [3.63, 3.8) is 0 Å². The number of alkyl halides is 3. The molecule has 0 unspecified atom stereocenters. The number of benzene rings is 2. The van der Waals surface area contributed by atoms with Crippen LogP contribution in [0.2, 0.25) is 0 Å². The van der Waals surface area contributed by atoms with Crippen LogP contribution >= 0.6 is 0 Å². The third-order valence-corrected chi connectivity index (χ3v) is 5.05. The van der Waals surface area contributed by atoms with Crippen molar-refractivity contribution in [3.8, 4) is 11.3 Å². The van der Waals surface area contributed by atoms with Crippen molar-refractivity contribution < 1.29 is 36.8 Å².